The smallest absolute Gasteiger partial charge is 0.461 e. The predicted octanol–water partition coefficient (Wildman–Crippen LogP) is 2.97. The number of rotatable bonds is 4. The molecule has 1 aromatic carbocycles. The Morgan fingerprint density at radius 2 is 1.94 bits per heavy atom. The van der Waals surface area contributed by atoms with Crippen molar-refractivity contribution in [3.05, 3.63) is 35.9 Å². The van der Waals surface area contributed by atoms with Gasteiger partial charge in [0, 0.05) is 5.92 Å². The second-order valence-electron chi connectivity index (χ2n) is 4.22. The van der Waals surface area contributed by atoms with Crippen LogP contribution in [-0.4, -0.2) is 12.9 Å². The standard InChI is InChI=1S/C11H11BF3O2/c13-12(14,15)10-6-9(10)11(16)17-7-8-4-2-1-3-5-8/h1-5,9-10H,6-7H2/q-1/t9-,10+/m1/s1. The highest BCUT2D eigenvalue weighted by Crippen LogP contribution is 2.53. The molecule has 1 aliphatic rings. The molecular formula is C11H11BF3O2-. The van der Waals surface area contributed by atoms with Crippen molar-refractivity contribution < 1.29 is 22.5 Å². The van der Waals surface area contributed by atoms with Gasteiger partial charge >= 0.3 is 12.9 Å². The van der Waals surface area contributed by atoms with E-state index < -0.39 is 24.7 Å². The van der Waals surface area contributed by atoms with Crippen molar-refractivity contribution in [2.75, 3.05) is 0 Å². The number of ether oxygens (including phenoxy) is 1. The maximum atomic E-state index is 12.3. The zero-order valence-corrected chi connectivity index (χ0v) is 8.98. The monoisotopic (exact) mass is 243 g/mol. The molecule has 0 spiro atoms. The van der Waals surface area contributed by atoms with Crippen LogP contribution in [0.25, 0.3) is 0 Å². The third-order valence-corrected chi connectivity index (χ3v) is 2.85. The molecule has 1 aromatic rings. The number of halogens is 3. The fraction of sp³-hybridized carbons (Fsp3) is 0.364. The van der Waals surface area contributed by atoms with E-state index in [1.54, 1.807) is 24.3 Å². The fourth-order valence-corrected chi connectivity index (χ4v) is 1.74. The Balaban J connectivity index is 1.80. The maximum Gasteiger partial charge on any atom is 0.482 e. The van der Waals surface area contributed by atoms with E-state index in [1.165, 1.54) is 0 Å². The Morgan fingerprint density at radius 3 is 2.47 bits per heavy atom. The molecule has 0 aromatic heterocycles. The second kappa shape index (κ2) is 4.43. The maximum absolute atomic E-state index is 12.3. The lowest BCUT2D eigenvalue weighted by Gasteiger charge is -2.12. The lowest BCUT2D eigenvalue weighted by molar-refractivity contribution is -0.146. The van der Waals surface area contributed by atoms with Gasteiger partial charge in [-0.3, -0.25) is 4.79 Å². The van der Waals surface area contributed by atoms with Gasteiger partial charge in [0.2, 0.25) is 0 Å². The summed E-state index contributed by atoms with van der Waals surface area (Å²) >= 11 is 0. The van der Waals surface area contributed by atoms with Gasteiger partial charge in [-0.25, -0.2) is 0 Å². The van der Waals surface area contributed by atoms with Gasteiger partial charge in [-0.05, 0) is 5.56 Å². The van der Waals surface area contributed by atoms with Crippen LogP contribution in [0, 0.1) is 5.92 Å². The number of carbonyl (C=O) groups is 1. The van der Waals surface area contributed by atoms with Gasteiger partial charge in [-0.1, -0.05) is 42.6 Å². The zero-order valence-electron chi connectivity index (χ0n) is 8.98. The van der Waals surface area contributed by atoms with Crippen LogP contribution in [-0.2, 0) is 16.1 Å². The van der Waals surface area contributed by atoms with Crippen molar-refractivity contribution in [2.45, 2.75) is 18.8 Å². The molecule has 2 rings (SSSR count). The van der Waals surface area contributed by atoms with Crippen molar-refractivity contribution in [2.24, 2.45) is 5.92 Å². The molecule has 1 fully saturated rings. The molecule has 2 atom stereocenters. The topological polar surface area (TPSA) is 26.3 Å². The minimum absolute atomic E-state index is 0.0355. The highest BCUT2D eigenvalue weighted by Gasteiger charge is 2.54. The molecule has 0 aliphatic heterocycles. The third-order valence-electron chi connectivity index (χ3n) is 2.85. The highest BCUT2D eigenvalue weighted by atomic mass is 19.4. The molecular weight excluding hydrogens is 232 g/mol. The van der Waals surface area contributed by atoms with Crippen molar-refractivity contribution in [1.29, 1.82) is 0 Å². The lowest BCUT2D eigenvalue weighted by Crippen LogP contribution is -2.18. The number of carbonyl (C=O) groups excluding carboxylic acids is 1. The predicted molar refractivity (Wildman–Crippen MR) is 57.2 cm³/mol. The average molecular weight is 243 g/mol. The van der Waals surface area contributed by atoms with Crippen LogP contribution in [0.1, 0.15) is 12.0 Å². The molecule has 0 unspecified atom stereocenters. The van der Waals surface area contributed by atoms with Gasteiger partial charge < -0.3 is 17.7 Å². The summed E-state index contributed by atoms with van der Waals surface area (Å²) in [4.78, 5) is 11.3. The molecule has 0 saturated heterocycles. The quantitative estimate of drug-likeness (QED) is 0.600. The average Bonchev–Trinajstić information content (AvgIpc) is 3.06. The fourth-order valence-electron chi connectivity index (χ4n) is 1.74. The molecule has 0 heterocycles. The summed E-state index contributed by atoms with van der Waals surface area (Å²) in [5, 5.41) is 0. The van der Waals surface area contributed by atoms with E-state index in [9.17, 15) is 17.7 Å². The van der Waals surface area contributed by atoms with Crippen LogP contribution >= 0.6 is 0 Å². The molecule has 92 valence electrons. The van der Waals surface area contributed by atoms with Gasteiger partial charge in [-0.2, -0.15) is 0 Å². The minimum atomic E-state index is -4.90. The van der Waals surface area contributed by atoms with E-state index in [4.69, 9.17) is 4.74 Å². The summed E-state index contributed by atoms with van der Waals surface area (Å²) < 4.78 is 41.7. The first kappa shape index (κ1) is 12.0. The Kier molecular flexibility index (Phi) is 3.13. The Labute approximate surface area is 96.8 Å². The van der Waals surface area contributed by atoms with Crippen LogP contribution in [0.2, 0.25) is 5.82 Å². The lowest BCUT2D eigenvalue weighted by atomic mass is 9.82. The number of benzene rings is 1. The molecule has 0 radical (unpaired) electrons. The number of hydrogen-bond donors (Lipinski definition) is 0. The van der Waals surface area contributed by atoms with Gasteiger partial charge in [0.15, 0.2) is 0 Å². The van der Waals surface area contributed by atoms with Gasteiger partial charge in [-0.15, -0.1) is 0 Å². The van der Waals surface area contributed by atoms with Gasteiger partial charge in [0.1, 0.15) is 6.61 Å². The summed E-state index contributed by atoms with van der Waals surface area (Å²) in [6.45, 7) is -4.87. The van der Waals surface area contributed by atoms with Crippen molar-refractivity contribution in [1.82, 2.24) is 0 Å². The van der Waals surface area contributed by atoms with Gasteiger partial charge in [0.25, 0.3) is 0 Å². The van der Waals surface area contributed by atoms with E-state index >= 15 is 0 Å². The third kappa shape index (κ3) is 3.02. The summed E-state index contributed by atoms with van der Waals surface area (Å²) in [6.07, 6.45) is -0.114. The van der Waals surface area contributed by atoms with Crippen LogP contribution in [0.5, 0.6) is 0 Å². The molecule has 6 heteroatoms. The van der Waals surface area contributed by atoms with E-state index in [0.29, 0.717) is 0 Å². The molecule has 0 amide bonds. The van der Waals surface area contributed by atoms with Crippen LogP contribution in [0.3, 0.4) is 0 Å². The summed E-state index contributed by atoms with van der Waals surface area (Å²) in [7, 11) is 0. The normalized spacial score (nSPS) is 23.2. The van der Waals surface area contributed by atoms with Crippen LogP contribution in [0.4, 0.5) is 12.9 Å². The van der Waals surface area contributed by atoms with Crippen LogP contribution in [0.15, 0.2) is 30.3 Å². The largest absolute Gasteiger partial charge is 0.482 e. The first-order valence-electron chi connectivity index (χ1n) is 5.39. The summed E-state index contributed by atoms with van der Waals surface area (Å²) in [5.41, 5.74) is 0.774. The molecule has 1 aliphatic carbocycles. The Bertz CT molecular complexity index is 405. The van der Waals surface area contributed by atoms with E-state index in [1.807, 2.05) is 6.07 Å². The Morgan fingerprint density at radius 1 is 1.29 bits per heavy atom. The molecule has 17 heavy (non-hydrogen) atoms. The molecule has 0 bridgehead atoms. The SMILES string of the molecule is O=C(OCc1ccccc1)[C@@H]1C[C@@H]1[B-](F)(F)F. The minimum Gasteiger partial charge on any atom is -0.461 e. The highest BCUT2D eigenvalue weighted by molar-refractivity contribution is 6.61. The summed E-state index contributed by atoms with van der Waals surface area (Å²) in [6, 6.07) is 8.88. The van der Waals surface area contributed by atoms with E-state index in [2.05, 4.69) is 0 Å². The van der Waals surface area contributed by atoms with Crippen molar-refractivity contribution >= 4 is 12.9 Å². The second-order valence-corrected chi connectivity index (χ2v) is 4.22. The Hall–Kier alpha value is -1.46. The van der Waals surface area contributed by atoms with Crippen LogP contribution < -0.4 is 0 Å². The van der Waals surface area contributed by atoms with Gasteiger partial charge in [0.05, 0.1) is 0 Å². The first-order valence-corrected chi connectivity index (χ1v) is 5.39. The van der Waals surface area contributed by atoms with E-state index in [-0.39, 0.29) is 13.0 Å². The molecule has 0 N–H and O–H groups in total. The zero-order chi connectivity index (χ0) is 12.5. The van der Waals surface area contributed by atoms with Crippen molar-refractivity contribution in [3.63, 3.8) is 0 Å². The number of esters is 1. The van der Waals surface area contributed by atoms with Crippen molar-refractivity contribution in [3.8, 4) is 0 Å². The summed E-state index contributed by atoms with van der Waals surface area (Å²) in [5.74, 6) is -3.16. The molecule has 2 nitrogen and oxygen atoms in total. The van der Waals surface area contributed by atoms with E-state index in [0.717, 1.165) is 5.56 Å². The first-order chi connectivity index (χ1) is 7.98. The number of hydrogen-bond acceptors (Lipinski definition) is 2. The molecule has 1 saturated carbocycles.